The average Bonchev–Trinajstić information content (AvgIpc) is 2.39. The third-order valence-electron chi connectivity index (χ3n) is 3.37. The summed E-state index contributed by atoms with van der Waals surface area (Å²) in [6.45, 7) is 6.58. The summed E-state index contributed by atoms with van der Waals surface area (Å²) in [7, 11) is 0. The van der Waals surface area contributed by atoms with E-state index in [1.165, 1.54) is 11.1 Å². The molecule has 0 aliphatic carbocycles. The molecule has 0 aromatic heterocycles. The predicted molar refractivity (Wildman–Crippen MR) is 83.4 cm³/mol. The maximum Gasteiger partial charge on any atom is 0.0485 e. The van der Waals surface area contributed by atoms with E-state index in [9.17, 15) is 0 Å². The van der Waals surface area contributed by atoms with Crippen molar-refractivity contribution in [3.05, 3.63) is 59.7 Å². The van der Waals surface area contributed by atoms with Gasteiger partial charge in [-0.1, -0.05) is 44.2 Å². The Kier molecular flexibility index (Phi) is 4.10. The van der Waals surface area contributed by atoms with E-state index in [0.717, 1.165) is 11.4 Å². The van der Waals surface area contributed by atoms with Crippen LogP contribution in [0.3, 0.4) is 0 Å². The van der Waals surface area contributed by atoms with E-state index in [1.807, 2.05) is 24.3 Å². The molecular formula is C17H22N2. The predicted octanol–water partition coefficient (Wildman–Crippen LogP) is 4.57. The van der Waals surface area contributed by atoms with Crippen LogP contribution in [0.2, 0.25) is 0 Å². The second-order valence-corrected chi connectivity index (χ2v) is 5.31. The second-order valence-electron chi connectivity index (χ2n) is 5.31. The first-order valence-corrected chi connectivity index (χ1v) is 6.78. The molecule has 0 aliphatic heterocycles. The zero-order chi connectivity index (χ0) is 13.8. The lowest BCUT2D eigenvalue weighted by atomic mass is 9.99. The first kappa shape index (κ1) is 13.5. The fourth-order valence-electron chi connectivity index (χ4n) is 2.13. The van der Waals surface area contributed by atoms with E-state index in [-0.39, 0.29) is 6.04 Å². The molecule has 2 aromatic rings. The van der Waals surface area contributed by atoms with E-state index in [0.29, 0.717) is 5.92 Å². The van der Waals surface area contributed by atoms with Crippen molar-refractivity contribution in [2.24, 2.45) is 0 Å². The number of anilines is 2. The van der Waals surface area contributed by atoms with Crippen LogP contribution in [0.25, 0.3) is 0 Å². The van der Waals surface area contributed by atoms with Crippen LogP contribution in [0.15, 0.2) is 48.5 Å². The van der Waals surface area contributed by atoms with Gasteiger partial charge in [0.25, 0.3) is 0 Å². The van der Waals surface area contributed by atoms with Gasteiger partial charge in [-0.2, -0.15) is 0 Å². The Balaban J connectivity index is 2.09. The van der Waals surface area contributed by atoms with E-state index >= 15 is 0 Å². The molecule has 0 spiro atoms. The van der Waals surface area contributed by atoms with E-state index in [1.54, 1.807) is 0 Å². The van der Waals surface area contributed by atoms with Crippen LogP contribution in [0.5, 0.6) is 0 Å². The smallest absolute Gasteiger partial charge is 0.0485 e. The van der Waals surface area contributed by atoms with Gasteiger partial charge >= 0.3 is 0 Å². The molecular weight excluding hydrogens is 232 g/mol. The maximum atomic E-state index is 5.79. The Morgan fingerprint density at radius 3 is 2.11 bits per heavy atom. The van der Waals surface area contributed by atoms with Crippen LogP contribution in [-0.2, 0) is 0 Å². The molecule has 100 valence electrons. The van der Waals surface area contributed by atoms with Crippen LogP contribution < -0.4 is 11.1 Å². The molecule has 3 N–H and O–H groups in total. The number of nitrogens with one attached hydrogen (secondary N) is 1. The number of nitrogen functional groups attached to an aromatic ring is 1. The zero-order valence-corrected chi connectivity index (χ0v) is 11.9. The minimum absolute atomic E-state index is 0.267. The van der Waals surface area contributed by atoms with Gasteiger partial charge in [-0.25, -0.2) is 0 Å². The van der Waals surface area contributed by atoms with Crippen molar-refractivity contribution in [1.82, 2.24) is 0 Å². The molecule has 0 amide bonds. The highest BCUT2D eigenvalue weighted by atomic mass is 14.9. The summed E-state index contributed by atoms with van der Waals surface area (Å²) < 4.78 is 0. The molecule has 2 nitrogen and oxygen atoms in total. The zero-order valence-electron chi connectivity index (χ0n) is 11.9. The summed E-state index contributed by atoms with van der Waals surface area (Å²) >= 11 is 0. The number of hydrogen-bond donors (Lipinski definition) is 2. The molecule has 19 heavy (non-hydrogen) atoms. The molecule has 0 fully saturated rings. The lowest BCUT2D eigenvalue weighted by Gasteiger charge is -2.17. The maximum absolute atomic E-state index is 5.79. The Labute approximate surface area is 115 Å². The summed E-state index contributed by atoms with van der Waals surface area (Å²) in [5, 5.41) is 3.47. The van der Waals surface area contributed by atoms with Gasteiger partial charge in [-0.05, 0) is 42.2 Å². The first-order valence-electron chi connectivity index (χ1n) is 6.78. The Morgan fingerprint density at radius 2 is 1.53 bits per heavy atom. The van der Waals surface area contributed by atoms with Crippen LogP contribution in [-0.4, -0.2) is 0 Å². The van der Waals surface area contributed by atoms with Gasteiger partial charge in [0.05, 0.1) is 0 Å². The van der Waals surface area contributed by atoms with Crippen molar-refractivity contribution in [3.8, 4) is 0 Å². The topological polar surface area (TPSA) is 38.0 Å². The molecule has 1 unspecified atom stereocenters. The molecule has 2 aromatic carbocycles. The molecule has 2 heteroatoms. The average molecular weight is 254 g/mol. The monoisotopic (exact) mass is 254 g/mol. The van der Waals surface area contributed by atoms with Gasteiger partial charge in [-0.15, -0.1) is 0 Å². The summed E-state index contributed by atoms with van der Waals surface area (Å²) in [5.74, 6) is 0.575. The highest BCUT2D eigenvalue weighted by molar-refractivity contribution is 5.55. The van der Waals surface area contributed by atoms with Crippen molar-refractivity contribution >= 4 is 11.4 Å². The van der Waals surface area contributed by atoms with E-state index < -0.39 is 0 Å². The highest BCUT2D eigenvalue weighted by Crippen LogP contribution is 2.22. The quantitative estimate of drug-likeness (QED) is 0.785. The lowest BCUT2D eigenvalue weighted by Crippen LogP contribution is -2.07. The number of rotatable bonds is 4. The normalized spacial score (nSPS) is 12.4. The van der Waals surface area contributed by atoms with Crippen molar-refractivity contribution < 1.29 is 0 Å². The minimum Gasteiger partial charge on any atom is -0.399 e. The first-order chi connectivity index (χ1) is 9.06. The fourth-order valence-corrected chi connectivity index (χ4v) is 2.13. The van der Waals surface area contributed by atoms with E-state index in [4.69, 9.17) is 5.73 Å². The standard InChI is InChI=1S/C17H22N2/c1-12(2)14-7-9-15(10-8-14)13(3)19-17-6-4-5-16(18)11-17/h4-13,19H,18H2,1-3H3. The fraction of sp³-hybridized carbons (Fsp3) is 0.294. The summed E-state index contributed by atoms with van der Waals surface area (Å²) in [4.78, 5) is 0. The van der Waals surface area contributed by atoms with Gasteiger partial charge in [0.2, 0.25) is 0 Å². The minimum atomic E-state index is 0.267. The van der Waals surface area contributed by atoms with Crippen LogP contribution in [0.1, 0.15) is 43.9 Å². The summed E-state index contributed by atoms with van der Waals surface area (Å²) in [6.07, 6.45) is 0. The Morgan fingerprint density at radius 1 is 0.895 bits per heavy atom. The van der Waals surface area contributed by atoms with Crippen molar-refractivity contribution in [1.29, 1.82) is 0 Å². The Hall–Kier alpha value is -1.96. The summed E-state index contributed by atoms with van der Waals surface area (Å²) in [6, 6.07) is 16.9. The molecule has 0 saturated heterocycles. The largest absolute Gasteiger partial charge is 0.399 e. The van der Waals surface area contributed by atoms with Gasteiger partial charge < -0.3 is 11.1 Å². The third-order valence-corrected chi connectivity index (χ3v) is 3.37. The van der Waals surface area contributed by atoms with Crippen LogP contribution >= 0.6 is 0 Å². The molecule has 0 saturated carbocycles. The van der Waals surface area contributed by atoms with Crippen LogP contribution in [0, 0.1) is 0 Å². The molecule has 0 aliphatic rings. The van der Waals surface area contributed by atoms with Crippen LogP contribution in [0.4, 0.5) is 11.4 Å². The molecule has 0 bridgehead atoms. The third kappa shape index (κ3) is 3.50. The second kappa shape index (κ2) is 5.79. The Bertz CT molecular complexity index is 529. The van der Waals surface area contributed by atoms with E-state index in [2.05, 4.69) is 50.4 Å². The number of hydrogen-bond acceptors (Lipinski definition) is 2. The van der Waals surface area contributed by atoms with Crippen molar-refractivity contribution in [2.75, 3.05) is 11.1 Å². The number of benzene rings is 2. The van der Waals surface area contributed by atoms with Gasteiger partial charge in [0, 0.05) is 17.4 Å². The molecule has 0 heterocycles. The summed E-state index contributed by atoms with van der Waals surface area (Å²) in [5.41, 5.74) is 10.3. The van der Waals surface area contributed by atoms with Gasteiger partial charge in [0.1, 0.15) is 0 Å². The molecule has 0 radical (unpaired) electrons. The SMILES string of the molecule is CC(C)c1ccc(C(C)Nc2cccc(N)c2)cc1. The van der Waals surface area contributed by atoms with Gasteiger partial charge in [0.15, 0.2) is 0 Å². The van der Waals surface area contributed by atoms with Crippen molar-refractivity contribution in [3.63, 3.8) is 0 Å². The highest BCUT2D eigenvalue weighted by Gasteiger charge is 2.06. The van der Waals surface area contributed by atoms with Gasteiger partial charge in [-0.3, -0.25) is 0 Å². The van der Waals surface area contributed by atoms with Crippen molar-refractivity contribution in [2.45, 2.75) is 32.7 Å². The number of nitrogens with two attached hydrogens (primary N) is 1. The lowest BCUT2D eigenvalue weighted by molar-refractivity contribution is 0.852. The molecule has 2 rings (SSSR count). The molecule has 1 atom stereocenters.